The zero-order chi connectivity index (χ0) is 23.0. The van der Waals surface area contributed by atoms with E-state index in [1.165, 1.54) is 0 Å². The fourth-order valence-corrected chi connectivity index (χ4v) is 5.05. The maximum atomic E-state index is 13.2. The predicted octanol–water partition coefficient (Wildman–Crippen LogP) is -1.49. The van der Waals surface area contributed by atoms with Crippen molar-refractivity contribution in [3.63, 3.8) is 0 Å². The Morgan fingerprint density at radius 3 is 1.91 bits per heavy atom. The fraction of sp³-hybridized carbons (Fsp3) is 0.625. The second-order valence-corrected chi connectivity index (χ2v) is 9.32. The van der Waals surface area contributed by atoms with Crippen molar-refractivity contribution in [2.45, 2.75) is 72.1 Å². The van der Waals surface area contributed by atoms with Crippen molar-refractivity contribution >= 4 is 22.8 Å². The van der Waals surface area contributed by atoms with E-state index < -0.39 is 0 Å². The molecule has 2 fully saturated rings. The number of amides is 2. The van der Waals surface area contributed by atoms with Crippen molar-refractivity contribution in [3.05, 3.63) is 30.1 Å². The van der Waals surface area contributed by atoms with E-state index in [-0.39, 0.29) is 61.7 Å². The molecule has 8 nitrogen and oxygen atoms in total. The van der Waals surface area contributed by atoms with Crippen LogP contribution in [0.5, 0.6) is 0 Å². The molecule has 0 aliphatic carbocycles. The number of nitrogens with zero attached hydrogens (tertiary/aromatic N) is 4. The third-order valence-corrected chi connectivity index (χ3v) is 6.38. The summed E-state index contributed by atoms with van der Waals surface area (Å²) in [6.07, 6.45) is 0.134. The van der Waals surface area contributed by atoms with Crippen molar-refractivity contribution < 1.29 is 36.0 Å². The van der Waals surface area contributed by atoms with Gasteiger partial charge in [0.15, 0.2) is 24.1 Å². The van der Waals surface area contributed by atoms with Gasteiger partial charge in [0.25, 0.3) is 17.6 Å². The van der Waals surface area contributed by atoms with Crippen LogP contribution in [0.1, 0.15) is 33.5 Å². The van der Waals surface area contributed by atoms with E-state index in [4.69, 9.17) is 9.47 Å². The van der Waals surface area contributed by atoms with Crippen molar-refractivity contribution in [1.29, 1.82) is 0 Å². The van der Waals surface area contributed by atoms with Gasteiger partial charge in [-0.2, -0.15) is 0 Å². The molecule has 1 aromatic carbocycles. The van der Waals surface area contributed by atoms with Crippen LogP contribution in [0.4, 0.5) is 0 Å². The molecule has 2 saturated heterocycles. The number of aromatic nitrogens is 2. The maximum absolute atomic E-state index is 13.2. The van der Waals surface area contributed by atoms with Crippen molar-refractivity contribution in [3.8, 4) is 0 Å². The van der Waals surface area contributed by atoms with E-state index in [9.17, 15) is 9.59 Å². The zero-order valence-electron chi connectivity index (χ0n) is 20.2. The van der Waals surface area contributed by atoms with Crippen LogP contribution >= 0.6 is 0 Å². The standard InChI is InChI=1S/C24H35N4O4.ClH/c1-16-10-25(11-17(2)31-16)23(29)14-27-20(5)28(22-9-7-6-8-21(22)27)15-24(30)26-12-18(3)32-19(4)13-26;/h6-9,16-19H,10-15H2,1-5H3;1H/q+1;/p-1. The summed E-state index contributed by atoms with van der Waals surface area (Å²) in [5.74, 6) is 1.05. The molecule has 9 heteroatoms. The van der Waals surface area contributed by atoms with Crippen LogP contribution in [0, 0.1) is 6.92 Å². The first-order valence-electron chi connectivity index (χ1n) is 11.6. The van der Waals surface area contributed by atoms with E-state index in [0.29, 0.717) is 26.2 Å². The highest BCUT2D eigenvalue weighted by Gasteiger charge is 2.32. The average Bonchev–Trinajstić information content (AvgIpc) is 2.98. The monoisotopic (exact) mass is 478 g/mol. The third kappa shape index (κ3) is 5.50. The summed E-state index contributed by atoms with van der Waals surface area (Å²) in [5, 5.41) is 0. The number of rotatable bonds is 4. The third-order valence-electron chi connectivity index (χ3n) is 6.38. The first kappa shape index (κ1) is 25.5. The molecule has 33 heavy (non-hydrogen) atoms. The first-order valence-corrected chi connectivity index (χ1v) is 11.6. The number of ether oxygens (including phenoxy) is 2. The van der Waals surface area contributed by atoms with Gasteiger partial charge in [-0.05, 0) is 39.8 Å². The molecular formula is C24H35ClN4O4. The van der Waals surface area contributed by atoms with Crippen molar-refractivity contribution in [1.82, 2.24) is 14.4 Å². The number of morpholine rings is 2. The first-order chi connectivity index (χ1) is 15.2. The van der Waals surface area contributed by atoms with Crippen molar-refractivity contribution in [2.24, 2.45) is 0 Å². The van der Waals surface area contributed by atoms with Crippen LogP contribution < -0.4 is 17.0 Å². The van der Waals surface area contributed by atoms with E-state index >= 15 is 0 Å². The van der Waals surface area contributed by atoms with E-state index in [2.05, 4.69) is 0 Å². The van der Waals surface area contributed by atoms with Gasteiger partial charge in [0.1, 0.15) is 0 Å². The lowest BCUT2D eigenvalue weighted by Gasteiger charge is -2.35. The second kappa shape index (κ2) is 10.4. The van der Waals surface area contributed by atoms with Gasteiger partial charge in [-0.25, -0.2) is 9.13 Å². The molecule has 0 saturated carbocycles. The zero-order valence-corrected chi connectivity index (χ0v) is 20.9. The van der Waals surface area contributed by atoms with E-state index in [1.54, 1.807) is 0 Å². The van der Waals surface area contributed by atoms with Crippen LogP contribution in [0.3, 0.4) is 0 Å². The van der Waals surface area contributed by atoms with Gasteiger partial charge in [0.05, 0.1) is 24.4 Å². The summed E-state index contributed by atoms with van der Waals surface area (Å²) in [7, 11) is 0. The summed E-state index contributed by atoms with van der Waals surface area (Å²) in [6, 6.07) is 7.97. The number of halogens is 1. The lowest BCUT2D eigenvalue weighted by atomic mass is 10.2. The molecule has 0 N–H and O–H groups in total. The number of hydrogen-bond donors (Lipinski definition) is 0. The van der Waals surface area contributed by atoms with Gasteiger partial charge in [-0.3, -0.25) is 9.59 Å². The lowest BCUT2D eigenvalue weighted by Crippen LogP contribution is -3.00. The fourth-order valence-electron chi connectivity index (χ4n) is 5.05. The highest BCUT2D eigenvalue weighted by Crippen LogP contribution is 2.17. The summed E-state index contributed by atoms with van der Waals surface area (Å²) in [5.41, 5.74) is 1.92. The Morgan fingerprint density at radius 2 is 1.36 bits per heavy atom. The predicted molar refractivity (Wildman–Crippen MR) is 120 cm³/mol. The van der Waals surface area contributed by atoms with Gasteiger partial charge in [0, 0.05) is 33.1 Å². The maximum Gasteiger partial charge on any atom is 0.265 e. The highest BCUT2D eigenvalue weighted by molar-refractivity contribution is 5.80. The minimum atomic E-state index is 0. The quantitative estimate of drug-likeness (QED) is 0.502. The molecule has 2 amide bonds. The smallest absolute Gasteiger partial charge is 0.265 e. The van der Waals surface area contributed by atoms with Crippen LogP contribution in [0.15, 0.2) is 24.3 Å². The molecule has 4 rings (SSSR count). The molecule has 1 aromatic heterocycles. The summed E-state index contributed by atoms with van der Waals surface area (Å²) < 4.78 is 15.6. The molecular weight excluding hydrogens is 444 g/mol. The van der Waals surface area contributed by atoms with Gasteiger partial charge in [0.2, 0.25) is 0 Å². The van der Waals surface area contributed by atoms with E-state index in [0.717, 1.165) is 16.9 Å². The molecule has 2 aromatic rings. The molecule has 0 bridgehead atoms. The summed E-state index contributed by atoms with van der Waals surface area (Å²) in [6.45, 7) is 12.9. The normalized spacial score (nSPS) is 25.7. The number of hydrogen-bond acceptors (Lipinski definition) is 4. The second-order valence-electron chi connectivity index (χ2n) is 9.32. The van der Waals surface area contributed by atoms with Crippen LogP contribution in [0.25, 0.3) is 11.0 Å². The van der Waals surface area contributed by atoms with Gasteiger partial charge in [-0.1, -0.05) is 12.1 Å². The van der Waals surface area contributed by atoms with Gasteiger partial charge < -0.3 is 31.7 Å². The van der Waals surface area contributed by atoms with E-state index in [1.807, 2.05) is 77.8 Å². The molecule has 2 aliphatic heterocycles. The SMILES string of the molecule is Cc1n(CC(=O)N2CC(C)OC(C)C2)c2ccccc2[n+]1CC(=O)N1CC(C)OC(C)C1.[Cl-]. The molecule has 2 aliphatic rings. The summed E-state index contributed by atoms with van der Waals surface area (Å²) >= 11 is 0. The largest absolute Gasteiger partial charge is 1.00 e. The van der Waals surface area contributed by atoms with Gasteiger partial charge in [-0.15, -0.1) is 0 Å². The Bertz CT molecular complexity index is 913. The molecule has 0 radical (unpaired) electrons. The highest BCUT2D eigenvalue weighted by atomic mass is 35.5. The Balaban J connectivity index is 0.00000306. The molecule has 3 heterocycles. The summed E-state index contributed by atoms with van der Waals surface area (Å²) in [4.78, 5) is 30.1. The van der Waals surface area contributed by atoms with Crippen LogP contribution in [-0.4, -0.2) is 76.8 Å². The number of carbonyl (C=O) groups is 2. The average molecular weight is 479 g/mol. The Morgan fingerprint density at radius 1 is 0.879 bits per heavy atom. The Labute approximate surface area is 201 Å². The number of carbonyl (C=O) groups excluding carboxylic acids is 2. The van der Waals surface area contributed by atoms with Crippen LogP contribution in [0.2, 0.25) is 0 Å². The minimum absolute atomic E-state index is 0. The topological polar surface area (TPSA) is 67.9 Å². The Kier molecular flexibility index (Phi) is 8.03. The lowest BCUT2D eigenvalue weighted by molar-refractivity contribution is -0.666. The Hall–Kier alpha value is -2.16. The van der Waals surface area contributed by atoms with Crippen molar-refractivity contribution in [2.75, 3.05) is 26.2 Å². The molecule has 4 unspecified atom stereocenters. The van der Waals surface area contributed by atoms with Crippen LogP contribution in [-0.2, 0) is 32.2 Å². The minimum Gasteiger partial charge on any atom is -1.00 e. The molecule has 182 valence electrons. The number of fused-ring (bicyclic) bond motifs is 1. The van der Waals surface area contributed by atoms with Gasteiger partial charge >= 0.3 is 0 Å². The number of imidazole rings is 1. The number of para-hydroxylation sites is 2. The molecule has 4 atom stereocenters. The number of benzene rings is 1. The molecule has 0 spiro atoms.